The molecule has 5 rings (SSSR count). The summed E-state index contributed by atoms with van der Waals surface area (Å²) in [6.45, 7) is 6.02. The molecule has 162 valence electrons. The van der Waals surface area contributed by atoms with Gasteiger partial charge in [-0.05, 0) is 48.9 Å². The lowest BCUT2D eigenvalue weighted by molar-refractivity contribution is 1.21. The molecule has 0 unspecified atom stereocenters. The molecular formula is C28H24N2PS2+. The van der Waals surface area contributed by atoms with Gasteiger partial charge in [-0.1, -0.05) is 61.2 Å². The van der Waals surface area contributed by atoms with Crippen LogP contribution in [-0.4, -0.2) is 9.97 Å². The van der Waals surface area contributed by atoms with Crippen molar-refractivity contribution in [3.8, 4) is 10.7 Å². The van der Waals surface area contributed by atoms with E-state index in [9.17, 15) is 0 Å². The molecule has 5 aromatic rings. The quantitative estimate of drug-likeness (QED) is 0.238. The summed E-state index contributed by atoms with van der Waals surface area (Å²) in [4.78, 5) is 9.82. The van der Waals surface area contributed by atoms with Gasteiger partial charge in [-0.15, -0.1) is 22.7 Å². The molecule has 2 aromatic heterocycles. The fourth-order valence-electron chi connectivity index (χ4n) is 4.08. The van der Waals surface area contributed by atoms with Crippen molar-refractivity contribution in [2.45, 2.75) is 13.1 Å². The van der Waals surface area contributed by atoms with Gasteiger partial charge in [0.05, 0.1) is 5.69 Å². The first-order valence-corrected chi connectivity index (χ1v) is 14.5. The van der Waals surface area contributed by atoms with Gasteiger partial charge in [0.2, 0.25) is 0 Å². The van der Waals surface area contributed by atoms with Crippen molar-refractivity contribution < 1.29 is 0 Å². The van der Waals surface area contributed by atoms with Crippen LogP contribution in [0.15, 0.2) is 108 Å². The van der Waals surface area contributed by atoms with Crippen molar-refractivity contribution >= 4 is 51.4 Å². The van der Waals surface area contributed by atoms with Crippen LogP contribution in [0, 0.1) is 0 Å². The number of hydrogen-bond acceptors (Lipinski definition) is 4. The van der Waals surface area contributed by atoms with Crippen molar-refractivity contribution in [1.29, 1.82) is 0 Å². The SMILES string of the molecule is C=C(C)c1nc(-c2nc(C[P+](c3ccccc3)(c3ccccc3)c3ccccc3)cs2)cs1. The van der Waals surface area contributed by atoms with Gasteiger partial charge in [0, 0.05) is 10.8 Å². The molecule has 0 amide bonds. The topological polar surface area (TPSA) is 25.8 Å². The van der Waals surface area contributed by atoms with E-state index in [4.69, 9.17) is 9.97 Å². The van der Waals surface area contributed by atoms with Gasteiger partial charge in [0.25, 0.3) is 0 Å². The largest absolute Gasteiger partial charge is 0.235 e. The zero-order valence-electron chi connectivity index (χ0n) is 18.4. The van der Waals surface area contributed by atoms with E-state index < -0.39 is 7.26 Å². The first-order valence-electron chi connectivity index (χ1n) is 10.8. The second-order valence-corrected chi connectivity index (χ2v) is 13.1. The first kappa shape index (κ1) is 21.9. The van der Waals surface area contributed by atoms with Gasteiger partial charge in [0.15, 0.2) is 0 Å². The van der Waals surface area contributed by atoms with Gasteiger partial charge in [-0.2, -0.15) is 0 Å². The lowest BCUT2D eigenvalue weighted by Gasteiger charge is -2.27. The minimum absolute atomic E-state index is 0.874. The van der Waals surface area contributed by atoms with E-state index in [1.165, 1.54) is 15.9 Å². The smallest absolute Gasteiger partial charge is 0.143 e. The number of benzene rings is 3. The minimum Gasteiger partial charge on any atom is -0.235 e. The van der Waals surface area contributed by atoms with E-state index in [1.807, 2.05) is 6.92 Å². The van der Waals surface area contributed by atoms with Gasteiger partial charge in [0.1, 0.15) is 45.0 Å². The van der Waals surface area contributed by atoms with Gasteiger partial charge >= 0.3 is 0 Å². The summed E-state index contributed by atoms with van der Waals surface area (Å²) < 4.78 is 0. The van der Waals surface area contributed by atoms with Crippen LogP contribution in [0.4, 0.5) is 0 Å². The molecule has 0 spiro atoms. The molecule has 0 bridgehead atoms. The maximum atomic E-state index is 5.08. The van der Waals surface area contributed by atoms with E-state index in [0.717, 1.165) is 33.1 Å². The minimum atomic E-state index is -1.95. The number of allylic oxidation sites excluding steroid dienone is 1. The summed E-state index contributed by atoms with van der Waals surface area (Å²) in [5.41, 5.74) is 3.05. The molecular weight excluding hydrogens is 459 g/mol. The Bertz CT molecular complexity index is 1260. The zero-order valence-corrected chi connectivity index (χ0v) is 20.9. The van der Waals surface area contributed by atoms with Gasteiger partial charge in [-0.3, -0.25) is 0 Å². The normalized spacial score (nSPS) is 11.4. The van der Waals surface area contributed by atoms with Crippen LogP contribution >= 0.6 is 29.9 Å². The summed E-state index contributed by atoms with van der Waals surface area (Å²) in [7, 11) is -1.95. The van der Waals surface area contributed by atoms with Crippen molar-refractivity contribution in [1.82, 2.24) is 9.97 Å². The monoisotopic (exact) mass is 483 g/mol. The zero-order chi connectivity index (χ0) is 22.7. The van der Waals surface area contributed by atoms with Crippen LogP contribution in [0.5, 0.6) is 0 Å². The Labute approximate surface area is 203 Å². The van der Waals surface area contributed by atoms with Gasteiger partial charge < -0.3 is 0 Å². The Balaban J connectivity index is 1.64. The predicted octanol–water partition coefficient (Wildman–Crippen LogP) is 6.79. The number of hydrogen-bond donors (Lipinski definition) is 0. The third kappa shape index (κ3) is 4.35. The molecule has 0 saturated carbocycles. The number of rotatable bonds is 7. The number of thiazole rings is 2. The van der Waals surface area contributed by atoms with Crippen LogP contribution in [0.1, 0.15) is 17.6 Å². The first-order chi connectivity index (χ1) is 16.2. The highest BCUT2D eigenvalue weighted by Gasteiger charge is 2.46. The molecule has 5 heteroatoms. The summed E-state index contributed by atoms with van der Waals surface area (Å²) >= 11 is 3.30. The van der Waals surface area contributed by atoms with E-state index in [1.54, 1.807) is 22.7 Å². The lowest BCUT2D eigenvalue weighted by Crippen LogP contribution is -2.32. The number of nitrogens with zero attached hydrogens (tertiary/aromatic N) is 2. The Morgan fingerprint density at radius 2 is 1.24 bits per heavy atom. The fourth-order valence-corrected chi connectivity index (χ4v) is 9.93. The highest BCUT2D eigenvalue weighted by molar-refractivity contribution is 7.95. The van der Waals surface area contributed by atoms with Crippen LogP contribution in [0.2, 0.25) is 0 Å². The van der Waals surface area contributed by atoms with Crippen LogP contribution < -0.4 is 15.9 Å². The number of aromatic nitrogens is 2. The third-order valence-electron chi connectivity index (χ3n) is 5.63. The average Bonchev–Trinajstić information content (AvgIpc) is 3.54. The van der Waals surface area contributed by atoms with E-state index in [0.29, 0.717) is 0 Å². The molecule has 2 nitrogen and oxygen atoms in total. The molecule has 3 aromatic carbocycles. The molecule has 33 heavy (non-hydrogen) atoms. The predicted molar refractivity (Wildman–Crippen MR) is 147 cm³/mol. The maximum absolute atomic E-state index is 5.08. The highest BCUT2D eigenvalue weighted by Crippen LogP contribution is 2.58. The maximum Gasteiger partial charge on any atom is 0.143 e. The Morgan fingerprint density at radius 1 is 0.727 bits per heavy atom. The van der Waals surface area contributed by atoms with Crippen molar-refractivity contribution in [3.63, 3.8) is 0 Å². The second-order valence-electron chi connectivity index (χ2n) is 7.94. The van der Waals surface area contributed by atoms with Crippen molar-refractivity contribution in [2.75, 3.05) is 0 Å². The molecule has 0 atom stereocenters. The van der Waals surface area contributed by atoms with E-state index in [2.05, 4.69) is 108 Å². The molecule has 0 fully saturated rings. The molecule has 2 heterocycles. The Hall–Kier alpha value is -2.91. The van der Waals surface area contributed by atoms with Crippen LogP contribution in [-0.2, 0) is 6.16 Å². The summed E-state index contributed by atoms with van der Waals surface area (Å²) in [5.74, 6) is 0. The average molecular weight is 484 g/mol. The summed E-state index contributed by atoms with van der Waals surface area (Å²) in [5, 5.41) is 10.3. The van der Waals surface area contributed by atoms with Gasteiger partial charge in [-0.25, -0.2) is 9.97 Å². The molecule has 0 radical (unpaired) electrons. The standard InChI is InChI=1S/C28H24N2PS2/c1-21(2)27-30-26(20-33-27)28-29-22(19-32-28)18-31(23-12-6-3-7-13-23,24-14-8-4-9-15-24)25-16-10-5-11-17-25/h3-17,19-20H,1,18H2,2H3/q+1. The summed E-state index contributed by atoms with van der Waals surface area (Å²) in [6, 6.07) is 32.8. The molecule has 0 aliphatic rings. The summed E-state index contributed by atoms with van der Waals surface area (Å²) in [6.07, 6.45) is 0.874. The van der Waals surface area contributed by atoms with E-state index >= 15 is 0 Å². The second kappa shape index (κ2) is 9.52. The molecule has 0 aliphatic carbocycles. The molecule has 0 saturated heterocycles. The van der Waals surface area contributed by atoms with E-state index in [-0.39, 0.29) is 0 Å². The van der Waals surface area contributed by atoms with Crippen LogP contribution in [0.25, 0.3) is 16.3 Å². The van der Waals surface area contributed by atoms with Crippen molar-refractivity contribution in [2.24, 2.45) is 0 Å². The Morgan fingerprint density at radius 3 is 1.70 bits per heavy atom. The van der Waals surface area contributed by atoms with Crippen molar-refractivity contribution in [3.05, 3.63) is 119 Å². The molecule has 0 aliphatic heterocycles. The fraction of sp³-hybridized carbons (Fsp3) is 0.0714. The molecule has 0 N–H and O–H groups in total. The third-order valence-corrected chi connectivity index (χ3v) is 11.9. The van der Waals surface area contributed by atoms with Crippen LogP contribution in [0.3, 0.4) is 0 Å². The Kier molecular flexibility index (Phi) is 6.32. The highest BCUT2D eigenvalue weighted by atomic mass is 32.1. The lowest BCUT2D eigenvalue weighted by atomic mass is 10.4.